The van der Waals surface area contributed by atoms with Crippen LogP contribution in [-0.4, -0.2) is 79.9 Å². The number of guanidine groups is 1. The number of thioether (sulfide) groups is 1. The first kappa shape index (κ1) is 24.0. The molecular weight excluding hydrogens is 511 g/mol. The lowest BCUT2D eigenvalue weighted by Crippen LogP contribution is -2.53. The van der Waals surface area contributed by atoms with Crippen LogP contribution in [0.15, 0.2) is 4.99 Å². The quantitative estimate of drug-likeness (QED) is 0.318. The molecule has 1 saturated carbocycles. The van der Waals surface area contributed by atoms with Crippen molar-refractivity contribution >= 4 is 57.4 Å². The van der Waals surface area contributed by atoms with Crippen LogP contribution >= 0.6 is 35.7 Å². The highest BCUT2D eigenvalue weighted by molar-refractivity contribution is 14.0. The molecule has 1 amide bonds. The first-order chi connectivity index (χ1) is 12.9. The van der Waals surface area contributed by atoms with E-state index in [0.29, 0.717) is 24.1 Å². The third-order valence-electron chi connectivity index (χ3n) is 5.76. The highest BCUT2D eigenvalue weighted by Crippen LogP contribution is 2.42. The Morgan fingerprint density at radius 1 is 1.29 bits per heavy atom. The minimum Gasteiger partial charge on any atom is -0.356 e. The summed E-state index contributed by atoms with van der Waals surface area (Å²) in [5, 5.41) is 6.16. The van der Waals surface area contributed by atoms with Crippen molar-refractivity contribution in [1.82, 2.24) is 15.5 Å². The second-order valence-electron chi connectivity index (χ2n) is 7.91. The summed E-state index contributed by atoms with van der Waals surface area (Å²) in [6, 6.07) is -0.230. The molecule has 1 unspecified atom stereocenters. The number of halogens is 1. The van der Waals surface area contributed by atoms with Gasteiger partial charge in [0, 0.05) is 49.6 Å². The van der Waals surface area contributed by atoms with Gasteiger partial charge in [0.05, 0.1) is 11.5 Å². The Kier molecular flexibility index (Phi) is 9.18. The Balaban J connectivity index is 0.00000280. The molecule has 0 aromatic carbocycles. The molecule has 1 aliphatic carbocycles. The molecule has 7 nitrogen and oxygen atoms in total. The zero-order chi connectivity index (χ0) is 19.3. The zero-order valence-electron chi connectivity index (χ0n) is 16.6. The summed E-state index contributed by atoms with van der Waals surface area (Å²) in [7, 11) is -1.17. The molecule has 2 aliphatic heterocycles. The Labute approximate surface area is 190 Å². The van der Waals surface area contributed by atoms with Gasteiger partial charge in [0.15, 0.2) is 15.8 Å². The average molecular weight is 545 g/mol. The standard InChI is InChI=1S/C18H32N4O3S2.HI/c1-19-17(22-10-11-26-18(14-22)7-3-2-4-8-18)20-9-5-16(23)21-15-6-12-27(24,25)13-15;/h15H,2-14H2,1H3,(H,19,20)(H,21,23);1H. The molecule has 3 rings (SSSR count). The first-order valence-corrected chi connectivity index (χ1v) is 12.8. The third kappa shape index (κ3) is 6.65. The lowest BCUT2D eigenvalue weighted by Gasteiger charge is -2.45. The van der Waals surface area contributed by atoms with Gasteiger partial charge in [-0.3, -0.25) is 9.79 Å². The summed E-state index contributed by atoms with van der Waals surface area (Å²) >= 11 is 2.13. The van der Waals surface area contributed by atoms with Gasteiger partial charge in [0.25, 0.3) is 0 Å². The Bertz CT molecular complexity index is 660. The highest BCUT2D eigenvalue weighted by atomic mass is 127. The number of nitrogens with zero attached hydrogens (tertiary/aromatic N) is 2. The fourth-order valence-electron chi connectivity index (χ4n) is 4.35. The van der Waals surface area contributed by atoms with Gasteiger partial charge < -0.3 is 15.5 Å². The maximum Gasteiger partial charge on any atom is 0.222 e. The van der Waals surface area contributed by atoms with Gasteiger partial charge in [-0.2, -0.15) is 11.8 Å². The van der Waals surface area contributed by atoms with Crippen molar-refractivity contribution in [2.45, 2.75) is 55.7 Å². The van der Waals surface area contributed by atoms with E-state index in [1.807, 2.05) is 0 Å². The topological polar surface area (TPSA) is 90.9 Å². The van der Waals surface area contributed by atoms with E-state index in [1.165, 1.54) is 32.1 Å². The summed E-state index contributed by atoms with van der Waals surface area (Å²) in [6.45, 7) is 2.52. The third-order valence-corrected chi connectivity index (χ3v) is 9.06. The molecule has 28 heavy (non-hydrogen) atoms. The summed E-state index contributed by atoms with van der Waals surface area (Å²) in [5.41, 5.74) is 0. The minimum absolute atomic E-state index is 0. The maximum absolute atomic E-state index is 12.1. The van der Waals surface area contributed by atoms with Crippen molar-refractivity contribution < 1.29 is 13.2 Å². The van der Waals surface area contributed by atoms with Crippen molar-refractivity contribution in [3.63, 3.8) is 0 Å². The number of rotatable bonds is 4. The number of sulfone groups is 1. The molecule has 3 fully saturated rings. The summed E-state index contributed by atoms with van der Waals surface area (Å²) in [4.78, 5) is 18.9. The molecule has 3 aliphatic rings. The van der Waals surface area contributed by atoms with Crippen LogP contribution < -0.4 is 10.6 Å². The highest BCUT2D eigenvalue weighted by Gasteiger charge is 2.38. The van der Waals surface area contributed by atoms with Gasteiger partial charge in [-0.25, -0.2) is 8.42 Å². The smallest absolute Gasteiger partial charge is 0.222 e. The number of amides is 1. The predicted molar refractivity (Wildman–Crippen MR) is 126 cm³/mol. The zero-order valence-corrected chi connectivity index (χ0v) is 20.6. The van der Waals surface area contributed by atoms with Crippen LogP contribution in [0.1, 0.15) is 44.9 Å². The van der Waals surface area contributed by atoms with Crippen LogP contribution in [0.25, 0.3) is 0 Å². The van der Waals surface area contributed by atoms with E-state index < -0.39 is 9.84 Å². The van der Waals surface area contributed by atoms with Gasteiger partial charge in [-0.1, -0.05) is 19.3 Å². The minimum atomic E-state index is -2.97. The molecule has 1 atom stereocenters. The largest absolute Gasteiger partial charge is 0.356 e. The van der Waals surface area contributed by atoms with Crippen molar-refractivity contribution in [3.05, 3.63) is 0 Å². The lowest BCUT2D eigenvalue weighted by molar-refractivity contribution is -0.121. The normalized spacial score (nSPS) is 26.5. The van der Waals surface area contributed by atoms with E-state index in [-0.39, 0.29) is 47.4 Å². The van der Waals surface area contributed by atoms with E-state index >= 15 is 0 Å². The van der Waals surface area contributed by atoms with E-state index in [0.717, 1.165) is 24.8 Å². The van der Waals surface area contributed by atoms with Crippen LogP contribution in [0, 0.1) is 0 Å². The van der Waals surface area contributed by atoms with E-state index in [4.69, 9.17) is 0 Å². The Morgan fingerprint density at radius 3 is 2.68 bits per heavy atom. The monoisotopic (exact) mass is 544 g/mol. The maximum atomic E-state index is 12.1. The molecule has 1 spiro atoms. The van der Waals surface area contributed by atoms with E-state index in [9.17, 15) is 13.2 Å². The fraction of sp³-hybridized carbons (Fsp3) is 0.889. The van der Waals surface area contributed by atoms with Gasteiger partial charge in [-0.15, -0.1) is 24.0 Å². The number of hydrogen-bond acceptors (Lipinski definition) is 5. The Hall–Kier alpha value is -0.230. The Morgan fingerprint density at radius 2 is 2.04 bits per heavy atom. The summed E-state index contributed by atoms with van der Waals surface area (Å²) in [6.07, 6.45) is 7.43. The lowest BCUT2D eigenvalue weighted by atomic mass is 9.87. The molecule has 0 aromatic rings. The average Bonchev–Trinajstić information content (AvgIpc) is 2.98. The summed E-state index contributed by atoms with van der Waals surface area (Å²) < 4.78 is 23.3. The van der Waals surface area contributed by atoms with Crippen molar-refractivity contribution in [2.24, 2.45) is 4.99 Å². The fourth-order valence-corrected chi connectivity index (χ4v) is 7.60. The number of carbonyl (C=O) groups is 1. The first-order valence-electron chi connectivity index (χ1n) is 10.0. The number of nitrogens with one attached hydrogen (secondary N) is 2. The second-order valence-corrected chi connectivity index (χ2v) is 11.7. The SMILES string of the molecule is CN=C(NCCC(=O)NC1CCS(=O)(=O)C1)N1CCSC2(CCCCC2)C1.I. The van der Waals surface area contributed by atoms with Crippen LogP contribution in [0.4, 0.5) is 0 Å². The van der Waals surface area contributed by atoms with Gasteiger partial charge >= 0.3 is 0 Å². The molecule has 162 valence electrons. The van der Waals surface area contributed by atoms with E-state index in [2.05, 4.69) is 32.3 Å². The van der Waals surface area contributed by atoms with Crippen LogP contribution in [0.5, 0.6) is 0 Å². The van der Waals surface area contributed by atoms with E-state index in [1.54, 1.807) is 7.05 Å². The molecule has 10 heteroatoms. The number of hydrogen-bond donors (Lipinski definition) is 2. The molecule has 2 saturated heterocycles. The van der Waals surface area contributed by atoms with Crippen molar-refractivity contribution in [2.75, 3.05) is 43.9 Å². The number of carbonyl (C=O) groups excluding carboxylic acids is 1. The predicted octanol–water partition coefficient (Wildman–Crippen LogP) is 1.62. The van der Waals surface area contributed by atoms with Crippen LogP contribution in [-0.2, 0) is 14.6 Å². The van der Waals surface area contributed by atoms with Crippen LogP contribution in [0.2, 0.25) is 0 Å². The molecule has 0 aromatic heterocycles. The molecular formula is C18H33IN4O3S2. The van der Waals surface area contributed by atoms with Crippen molar-refractivity contribution in [1.29, 1.82) is 0 Å². The van der Waals surface area contributed by atoms with Gasteiger partial charge in [0.1, 0.15) is 0 Å². The number of aliphatic imine (C=N–C) groups is 1. The molecule has 2 heterocycles. The van der Waals surface area contributed by atoms with Gasteiger partial charge in [0.2, 0.25) is 5.91 Å². The molecule has 0 radical (unpaired) electrons. The van der Waals surface area contributed by atoms with Gasteiger partial charge in [-0.05, 0) is 19.3 Å². The molecule has 0 bridgehead atoms. The second kappa shape index (κ2) is 10.7. The molecule has 2 N–H and O–H groups in total. The van der Waals surface area contributed by atoms with Crippen molar-refractivity contribution in [3.8, 4) is 0 Å². The summed E-state index contributed by atoms with van der Waals surface area (Å²) in [5.74, 6) is 2.14. The van der Waals surface area contributed by atoms with Crippen LogP contribution in [0.3, 0.4) is 0 Å².